The molecule has 1 unspecified atom stereocenters. The molecule has 1 aromatic rings. The van der Waals surface area contributed by atoms with Gasteiger partial charge in [0.25, 0.3) is 0 Å². The van der Waals surface area contributed by atoms with Gasteiger partial charge in [-0.3, -0.25) is 4.79 Å². The molecule has 0 heterocycles. The summed E-state index contributed by atoms with van der Waals surface area (Å²) in [6.45, 7) is 6.20. The van der Waals surface area contributed by atoms with Crippen LogP contribution in [0.15, 0.2) is 12.1 Å². The summed E-state index contributed by atoms with van der Waals surface area (Å²) in [6, 6.07) is 4.15. The van der Waals surface area contributed by atoms with Crippen molar-refractivity contribution in [2.45, 2.75) is 39.7 Å². The van der Waals surface area contributed by atoms with Crippen molar-refractivity contribution in [3.05, 3.63) is 34.4 Å². The minimum absolute atomic E-state index is 0.102. The van der Waals surface area contributed by atoms with Gasteiger partial charge in [-0.1, -0.05) is 17.7 Å². The summed E-state index contributed by atoms with van der Waals surface area (Å²) in [7, 11) is 1.40. The molecule has 17 heavy (non-hydrogen) atoms. The number of esters is 1. The largest absolute Gasteiger partial charge is 0.469 e. The Balaban J connectivity index is 2.82. The van der Waals surface area contributed by atoms with Crippen LogP contribution in [0.4, 0.5) is 0 Å². The molecule has 3 heteroatoms. The van der Waals surface area contributed by atoms with Crippen LogP contribution in [0, 0.1) is 20.8 Å². The molecule has 0 fully saturated rings. The van der Waals surface area contributed by atoms with E-state index in [0.717, 1.165) is 5.56 Å². The molecular formula is C14H21NO2. The molecule has 0 aliphatic heterocycles. The number of methoxy groups -OCH3 is 1. The van der Waals surface area contributed by atoms with Gasteiger partial charge in [0, 0.05) is 12.5 Å². The van der Waals surface area contributed by atoms with E-state index in [1.54, 1.807) is 0 Å². The fourth-order valence-electron chi connectivity index (χ4n) is 2.30. The molecule has 0 spiro atoms. The van der Waals surface area contributed by atoms with Crippen molar-refractivity contribution >= 4 is 5.97 Å². The monoisotopic (exact) mass is 235 g/mol. The Kier molecular flexibility index (Phi) is 4.70. The van der Waals surface area contributed by atoms with Crippen molar-refractivity contribution in [3.63, 3.8) is 0 Å². The lowest BCUT2D eigenvalue weighted by Gasteiger charge is -2.18. The lowest BCUT2D eigenvalue weighted by Crippen LogP contribution is -2.15. The van der Waals surface area contributed by atoms with Crippen LogP contribution in [-0.4, -0.2) is 13.1 Å². The molecule has 0 saturated carbocycles. The minimum Gasteiger partial charge on any atom is -0.469 e. The number of nitrogens with two attached hydrogens (primary N) is 1. The van der Waals surface area contributed by atoms with E-state index in [0.29, 0.717) is 12.8 Å². The fraction of sp³-hybridized carbons (Fsp3) is 0.500. The first-order valence-electron chi connectivity index (χ1n) is 5.86. The molecule has 94 valence electrons. The molecule has 0 amide bonds. The topological polar surface area (TPSA) is 52.3 Å². The van der Waals surface area contributed by atoms with Gasteiger partial charge >= 0.3 is 5.97 Å². The summed E-state index contributed by atoms with van der Waals surface area (Å²) in [5.41, 5.74) is 10.9. The zero-order chi connectivity index (χ0) is 13.0. The molecule has 0 bridgehead atoms. The van der Waals surface area contributed by atoms with E-state index >= 15 is 0 Å². The van der Waals surface area contributed by atoms with Gasteiger partial charge in [-0.2, -0.15) is 0 Å². The van der Waals surface area contributed by atoms with Crippen LogP contribution in [0.3, 0.4) is 0 Å². The molecule has 2 N–H and O–H groups in total. The average molecular weight is 235 g/mol. The van der Waals surface area contributed by atoms with Crippen molar-refractivity contribution in [1.29, 1.82) is 0 Å². The van der Waals surface area contributed by atoms with E-state index in [-0.39, 0.29) is 12.0 Å². The summed E-state index contributed by atoms with van der Waals surface area (Å²) in [6.07, 6.45) is 0.988. The molecule has 1 aromatic carbocycles. The Morgan fingerprint density at radius 1 is 1.29 bits per heavy atom. The maximum atomic E-state index is 11.1. The minimum atomic E-state index is -0.206. The summed E-state index contributed by atoms with van der Waals surface area (Å²) in [5.74, 6) is -0.206. The van der Waals surface area contributed by atoms with E-state index in [2.05, 4.69) is 37.6 Å². The molecule has 3 nitrogen and oxygen atoms in total. The Morgan fingerprint density at radius 2 is 1.82 bits per heavy atom. The van der Waals surface area contributed by atoms with Gasteiger partial charge in [0.15, 0.2) is 0 Å². The second-order valence-electron chi connectivity index (χ2n) is 4.53. The Bertz CT molecular complexity index is 390. The number of benzene rings is 1. The lowest BCUT2D eigenvalue weighted by molar-refractivity contribution is -0.140. The van der Waals surface area contributed by atoms with Crippen molar-refractivity contribution in [3.8, 4) is 0 Å². The second kappa shape index (κ2) is 5.82. The summed E-state index contributed by atoms with van der Waals surface area (Å²) in [4.78, 5) is 11.1. The van der Waals surface area contributed by atoms with Gasteiger partial charge in [-0.15, -0.1) is 0 Å². The molecule has 1 atom stereocenters. The van der Waals surface area contributed by atoms with E-state index in [1.807, 2.05) is 0 Å². The highest BCUT2D eigenvalue weighted by Gasteiger charge is 2.14. The van der Waals surface area contributed by atoms with Crippen LogP contribution in [0.5, 0.6) is 0 Å². The second-order valence-corrected chi connectivity index (χ2v) is 4.53. The molecule has 0 aliphatic rings. The molecular weight excluding hydrogens is 214 g/mol. The Hall–Kier alpha value is -1.35. The molecule has 0 aliphatic carbocycles. The van der Waals surface area contributed by atoms with Gasteiger partial charge < -0.3 is 10.5 Å². The third-order valence-electron chi connectivity index (χ3n) is 3.00. The summed E-state index contributed by atoms with van der Waals surface area (Å²) in [5, 5.41) is 0. The van der Waals surface area contributed by atoms with E-state index in [9.17, 15) is 4.79 Å². The van der Waals surface area contributed by atoms with Gasteiger partial charge in [0.1, 0.15) is 0 Å². The van der Waals surface area contributed by atoms with Gasteiger partial charge in [0.05, 0.1) is 7.11 Å². The summed E-state index contributed by atoms with van der Waals surface area (Å²) >= 11 is 0. The number of carbonyl (C=O) groups is 1. The van der Waals surface area contributed by atoms with Crippen LogP contribution in [0.1, 0.15) is 41.1 Å². The number of ether oxygens (including phenoxy) is 1. The number of hydrogen-bond donors (Lipinski definition) is 1. The van der Waals surface area contributed by atoms with E-state index in [1.165, 1.54) is 23.8 Å². The van der Waals surface area contributed by atoms with Gasteiger partial charge in [-0.25, -0.2) is 0 Å². The molecule has 0 aromatic heterocycles. The Morgan fingerprint density at radius 3 is 2.29 bits per heavy atom. The average Bonchev–Trinajstić information content (AvgIpc) is 2.24. The predicted octanol–water partition coefficient (Wildman–Crippen LogP) is 2.56. The molecule has 0 radical (unpaired) electrons. The lowest BCUT2D eigenvalue weighted by atomic mass is 9.92. The van der Waals surface area contributed by atoms with Crippen LogP contribution in [0.25, 0.3) is 0 Å². The first kappa shape index (κ1) is 13.7. The first-order chi connectivity index (χ1) is 7.95. The predicted molar refractivity (Wildman–Crippen MR) is 68.8 cm³/mol. The van der Waals surface area contributed by atoms with Crippen molar-refractivity contribution in [1.82, 2.24) is 0 Å². The highest BCUT2D eigenvalue weighted by atomic mass is 16.5. The van der Waals surface area contributed by atoms with Crippen molar-refractivity contribution in [2.75, 3.05) is 7.11 Å². The van der Waals surface area contributed by atoms with Crippen LogP contribution in [-0.2, 0) is 9.53 Å². The zero-order valence-corrected chi connectivity index (χ0v) is 11.0. The number of hydrogen-bond acceptors (Lipinski definition) is 3. The highest BCUT2D eigenvalue weighted by Crippen LogP contribution is 2.25. The smallest absolute Gasteiger partial charge is 0.305 e. The Labute approximate surface area is 103 Å². The SMILES string of the molecule is COC(=O)CCC(N)c1c(C)cc(C)cc1C. The normalized spacial score (nSPS) is 12.3. The van der Waals surface area contributed by atoms with Crippen LogP contribution in [0.2, 0.25) is 0 Å². The van der Waals surface area contributed by atoms with Crippen LogP contribution >= 0.6 is 0 Å². The maximum absolute atomic E-state index is 11.1. The summed E-state index contributed by atoms with van der Waals surface area (Å²) < 4.78 is 4.62. The van der Waals surface area contributed by atoms with E-state index < -0.39 is 0 Å². The molecule has 1 rings (SSSR count). The number of carbonyl (C=O) groups excluding carboxylic acids is 1. The first-order valence-corrected chi connectivity index (χ1v) is 5.86. The number of aryl methyl sites for hydroxylation is 3. The number of rotatable bonds is 4. The quantitative estimate of drug-likeness (QED) is 0.816. The van der Waals surface area contributed by atoms with Crippen molar-refractivity contribution in [2.24, 2.45) is 5.73 Å². The highest BCUT2D eigenvalue weighted by molar-refractivity contribution is 5.69. The third kappa shape index (κ3) is 3.56. The maximum Gasteiger partial charge on any atom is 0.305 e. The van der Waals surface area contributed by atoms with Gasteiger partial charge in [-0.05, 0) is 43.9 Å². The fourth-order valence-corrected chi connectivity index (χ4v) is 2.30. The third-order valence-corrected chi connectivity index (χ3v) is 3.00. The zero-order valence-electron chi connectivity index (χ0n) is 11.0. The van der Waals surface area contributed by atoms with Gasteiger partial charge in [0.2, 0.25) is 0 Å². The molecule has 0 saturated heterocycles. The van der Waals surface area contributed by atoms with Crippen LogP contribution < -0.4 is 5.73 Å². The van der Waals surface area contributed by atoms with E-state index in [4.69, 9.17) is 5.73 Å². The standard InChI is InChI=1S/C14H21NO2/c1-9-7-10(2)14(11(3)8-9)12(15)5-6-13(16)17-4/h7-8,12H,5-6,15H2,1-4H3. The van der Waals surface area contributed by atoms with Crippen molar-refractivity contribution < 1.29 is 9.53 Å².